The van der Waals surface area contributed by atoms with Gasteiger partial charge in [0.25, 0.3) is 0 Å². The minimum atomic E-state index is -3.87. The highest BCUT2D eigenvalue weighted by Gasteiger charge is 2.34. The molecule has 0 aromatic heterocycles. The molecule has 0 saturated heterocycles. The zero-order valence-electron chi connectivity index (χ0n) is 14.9. The Morgan fingerprint density at radius 3 is 2.54 bits per heavy atom. The van der Waals surface area contributed by atoms with Crippen molar-refractivity contribution in [3.05, 3.63) is 53.6 Å². The van der Waals surface area contributed by atoms with Crippen molar-refractivity contribution in [2.45, 2.75) is 29.8 Å². The number of aryl methyl sites for hydroxylation is 1. The molecule has 0 fully saturated rings. The summed E-state index contributed by atoms with van der Waals surface area (Å²) >= 11 is 0. The van der Waals surface area contributed by atoms with Crippen molar-refractivity contribution >= 4 is 10.0 Å². The van der Waals surface area contributed by atoms with E-state index < -0.39 is 15.6 Å². The van der Waals surface area contributed by atoms with Crippen molar-refractivity contribution in [1.82, 2.24) is 4.72 Å². The summed E-state index contributed by atoms with van der Waals surface area (Å²) in [7, 11) is -0.990. The summed E-state index contributed by atoms with van der Waals surface area (Å²) in [5, 5.41) is 10.9. The molecule has 3 rings (SSSR count). The van der Waals surface area contributed by atoms with Crippen LogP contribution in [0, 0.1) is 0 Å². The molecular weight excluding hydrogens is 354 g/mol. The van der Waals surface area contributed by atoms with Crippen LogP contribution in [0.4, 0.5) is 0 Å². The van der Waals surface area contributed by atoms with E-state index in [1.807, 2.05) is 24.3 Å². The highest BCUT2D eigenvalue weighted by molar-refractivity contribution is 7.89. The van der Waals surface area contributed by atoms with E-state index in [-0.39, 0.29) is 17.2 Å². The Hall–Kier alpha value is -2.09. The van der Waals surface area contributed by atoms with Crippen LogP contribution in [-0.4, -0.2) is 39.9 Å². The van der Waals surface area contributed by atoms with Crippen LogP contribution in [0.15, 0.2) is 47.4 Å². The number of hydrogen-bond acceptors (Lipinski definition) is 5. The van der Waals surface area contributed by atoms with Gasteiger partial charge in [0.05, 0.1) is 19.8 Å². The second kappa shape index (κ2) is 7.26. The van der Waals surface area contributed by atoms with E-state index in [2.05, 4.69) is 4.72 Å². The fraction of sp³-hybridized carbons (Fsp3) is 0.368. The van der Waals surface area contributed by atoms with Crippen LogP contribution < -0.4 is 14.2 Å². The van der Waals surface area contributed by atoms with Gasteiger partial charge >= 0.3 is 0 Å². The molecule has 0 spiro atoms. The van der Waals surface area contributed by atoms with Crippen molar-refractivity contribution in [2.75, 3.05) is 20.8 Å². The molecule has 0 amide bonds. The molecule has 140 valence electrons. The minimum Gasteiger partial charge on any atom is -0.497 e. The van der Waals surface area contributed by atoms with E-state index in [0.717, 1.165) is 12.0 Å². The first kappa shape index (κ1) is 18.7. The molecule has 1 aliphatic carbocycles. The Kier molecular flexibility index (Phi) is 5.22. The summed E-state index contributed by atoms with van der Waals surface area (Å²) in [6.45, 7) is -0.0654. The predicted molar refractivity (Wildman–Crippen MR) is 98.2 cm³/mol. The van der Waals surface area contributed by atoms with Gasteiger partial charge in [0.2, 0.25) is 10.0 Å². The van der Waals surface area contributed by atoms with Crippen LogP contribution in [0.5, 0.6) is 11.5 Å². The van der Waals surface area contributed by atoms with Crippen molar-refractivity contribution < 1.29 is 23.0 Å². The maximum Gasteiger partial charge on any atom is 0.244 e. The third-order valence-corrected chi connectivity index (χ3v) is 6.17. The zero-order chi connectivity index (χ0) is 18.8. The summed E-state index contributed by atoms with van der Waals surface area (Å²) < 4.78 is 38.3. The summed E-state index contributed by atoms with van der Waals surface area (Å²) in [4.78, 5) is -0.0147. The predicted octanol–water partition coefficient (Wildman–Crippen LogP) is 1.90. The van der Waals surface area contributed by atoms with Crippen LogP contribution in [0.2, 0.25) is 0 Å². The summed E-state index contributed by atoms with van der Waals surface area (Å²) in [6, 6.07) is 12.5. The Bertz CT molecular complexity index is 897. The van der Waals surface area contributed by atoms with Crippen molar-refractivity contribution in [3.63, 3.8) is 0 Å². The van der Waals surface area contributed by atoms with Gasteiger partial charge in [-0.25, -0.2) is 13.1 Å². The maximum atomic E-state index is 12.8. The lowest BCUT2D eigenvalue weighted by Crippen LogP contribution is -2.46. The fourth-order valence-electron chi connectivity index (χ4n) is 3.24. The van der Waals surface area contributed by atoms with E-state index in [9.17, 15) is 13.5 Å². The third-order valence-electron chi connectivity index (χ3n) is 4.75. The first-order chi connectivity index (χ1) is 12.4. The van der Waals surface area contributed by atoms with Gasteiger partial charge in [0.1, 0.15) is 16.4 Å². The number of benzene rings is 2. The van der Waals surface area contributed by atoms with Gasteiger partial charge in [-0.15, -0.1) is 0 Å². The lowest BCUT2D eigenvalue weighted by atomic mass is 9.80. The highest BCUT2D eigenvalue weighted by Crippen LogP contribution is 2.30. The largest absolute Gasteiger partial charge is 0.497 e. The van der Waals surface area contributed by atoms with Gasteiger partial charge < -0.3 is 14.6 Å². The number of fused-ring (bicyclic) bond motifs is 1. The van der Waals surface area contributed by atoms with Crippen LogP contribution in [0.1, 0.15) is 17.5 Å². The monoisotopic (exact) mass is 377 g/mol. The van der Waals surface area contributed by atoms with E-state index in [4.69, 9.17) is 9.47 Å². The van der Waals surface area contributed by atoms with Gasteiger partial charge in [-0.05, 0) is 36.1 Å². The molecule has 7 heteroatoms. The number of methoxy groups -OCH3 is 2. The molecular formula is C19H23NO5S. The average Bonchev–Trinajstić information content (AvgIpc) is 2.66. The summed E-state index contributed by atoms with van der Waals surface area (Å²) in [6.07, 6.45) is 1.64. The Morgan fingerprint density at radius 1 is 1.12 bits per heavy atom. The molecule has 1 unspecified atom stereocenters. The van der Waals surface area contributed by atoms with E-state index in [1.54, 1.807) is 12.1 Å². The van der Waals surface area contributed by atoms with E-state index in [1.165, 1.54) is 25.8 Å². The van der Waals surface area contributed by atoms with Crippen LogP contribution in [0.25, 0.3) is 0 Å². The van der Waals surface area contributed by atoms with E-state index in [0.29, 0.717) is 18.6 Å². The van der Waals surface area contributed by atoms with Gasteiger partial charge in [-0.2, -0.15) is 0 Å². The number of rotatable bonds is 6. The zero-order valence-corrected chi connectivity index (χ0v) is 15.7. The second-order valence-corrected chi connectivity index (χ2v) is 8.25. The Balaban J connectivity index is 1.79. The van der Waals surface area contributed by atoms with Crippen LogP contribution in [-0.2, 0) is 22.9 Å². The molecule has 0 bridgehead atoms. The molecule has 2 aromatic rings. The third kappa shape index (κ3) is 3.85. The fourth-order valence-corrected chi connectivity index (χ4v) is 4.54. The molecule has 0 radical (unpaired) electrons. The number of ether oxygens (including phenoxy) is 2. The van der Waals surface area contributed by atoms with Crippen LogP contribution in [0.3, 0.4) is 0 Å². The number of hydrogen-bond donors (Lipinski definition) is 2. The molecule has 1 aliphatic rings. The molecule has 0 saturated carbocycles. The molecule has 2 aromatic carbocycles. The average molecular weight is 377 g/mol. The Labute approximate surface area is 153 Å². The van der Waals surface area contributed by atoms with Crippen molar-refractivity contribution in [3.8, 4) is 11.5 Å². The lowest BCUT2D eigenvalue weighted by molar-refractivity contribution is 0.0317. The normalized spacial score (nSPS) is 19.7. The number of aliphatic hydroxyl groups is 1. The molecule has 0 heterocycles. The molecule has 26 heavy (non-hydrogen) atoms. The highest BCUT2D eigenvalue weighted by atomic mass is 32.2. The van der Waals surface area contributed by atoms with Crippen molar-refractivity contribution in [1.29, 1.82) is 0 Å². The first-order valence-corrected chi connectivity index (χ1v) is 9.86. The smallest absolute Gasteiger partial charge is 0.244 e. The second-order valence-electron chi connectivity index (χ2n) is 6.51. The van der Waals surface area contributed by atoms with Crippen molar-refractivity contribution in [2.24, 2.45) is 0 Å². The minimum absolute atomic E-state index is 0.0147. The Morgan fingerprint density at radius 2 is 1.85 bits per heavy atom. The number of sulfonamides is 1. The van der Waals surface area contributed by atoms with Gasteiger partial charge in [0, 0.05) is 19.0 Å². The van der Waals surface area contributed by atoms with Gasteiger partial charge in [0.15, 0.2) is 0 Å². The quantitative estimate of drug-likeness (QED) is 0.803. The molecule has 2 N–H and O–H groups in total. The SMILES string of the molecule is COc1ccc(OC)c(S(=O)(=O)NCC2(O)CCc3ccccc3C2)c1. The molecule has 1 atom stereocenters. The summed E-state index contributed by atoms with van der Waals surface area (Å²) in [5.74, 6) is 0.635. The first-order valence-electron chi connectivity index (χ1n) is 8.38. The maximum absolute atomic E-state index is 12.8. The molecule has 6 nitrogen and oxygen atoms in total. The van der Waals surface area contributed by atoms with E-state index >= 15 is 0 Å². The number of nitrogens with one attached hydrogen (secondary N) is 1. The standard InChI is InChI=1S/C19H23NO5S/c1-24-16-7-8-17(25-2)18(11-16)26(22,23)20-13-19(21)10-9-14-5-3-4-6-15(14)12-19/h3-8,11,20-21H,9-10,12-13H2,1-2H3. The van der Waals surface area contributed by atoms with Gasteiger partial charge in [-0.1, -0.05) is 24.3 Å². The van der Waals surface area contributed by atoms with Gasteiger partial charge in [-0.3, -0.25) is 0 Å². The topological polar surface area (TPSA) is 84.9 Å². The lowest BCUT2D eigenvalue weighted by Gasteiger charge is -2.33. The molecule has 0 aliphatic heterocycles. The summed E-state index contributed by atoms with van der Waals surface area (Å²) in [5.41, 5.74) is 1.14. The van der Waals surface area contributed by atoms with Crippen LogP contribution >= 0.6 is 0 Å².